The molecule has 0 aliphatic rings. The second-order valence-corrected chi connectivity index (χ2v) is 2.92. The van der Waals surface area contributed by atoms with Gasteiger partial charge in [-0.05, 0) is 20.9 Å². The Morgan fingerprint density at radius 2 is 1.25 bits per heavy atom. The number of hydrogen-bond donors (Lipinski definition) is 2. The predicted octanol–water partition coefficient (Wildman–Crippen LogP) is 0.706. The average molecular weight is 177 g/mol. The number of nitrogens with zero attached hydrogens (tertiary/aromatic N) is 1. The third-order valence-corrected chi connectivity index (χ3v) is 1.15. The van der Waals surface area contributed by atoms with Crippen LogP contribution in [0.4, 0.5) is 0 Å². The van der Waals surface area contributed by atoms with E-state index in [1.54, 1.807) is 13.8 Å². The third-order valence-electron chi connectivity index (χ3n) is 1.15. The van der Waals surface area contributed by atoms with E-state index in [9.17, 15) is 0 Å². The predicted molar refractivity (Wildman–Crippen MR) is 52.2 cm³/mol. The molecule has 2 unspecified atom stereocenters. The molecule has 0 radical (unpaired) electrons. The van der Waals surface area contributed by atoms with Crippen molar-refractivity contribution in [2.45, 2.75) is 39.9 Å². The van der Waals surface area contributed by atoms with E-state index in [0.29, 0.717) is 13.1 Å². The van der Waals surface area contributed by atoms with Gasteiger partial charge in [0.15, 0.2) is 0 Å². The molecule has 76 valence electrons. The second-order valence-electron chi connectivity index (χ2n) is 2.92. The molecule has 0 saturated heterocycles. The van der Waals surface area contributed by atoms with Gasteiger partial charge in [-0.3, -0.25) is 0 Å². The molecule has 3 nitrogen and oxygen atoms in total. The zero-order valence-electron chi connectivity index (χ0n) is 8.91. The summed E-state index contributed by atoms with van der Waals surface area (Å²) >= 11 is 0. The molecule has 0 spiro atoms. The van der Waals surface area contributed by atoms with Crippen LogP contribution in [-0.2, 0) is 0 Å². The second kappa shape index (κ2) is 8.97. The SMILES string of the molecule is CC.CC(O)CN(C)CC(C)O. The van der Waals surface area contributed by atoms with Crippen LogP contribution in [0.25, 0.3) is 0 Å². The molecule has 0 rings (SSSR count). The largest absolute Gasteiger partial charge is 0.392 e. The Labute approximate surface area is 76.0 Å². The number of hydrogen-bond acceptors (Lipinski definition) is 3. The summed E-state index contributed by atoms with van der Waals surface area (Å²) in [6, 6.07) is 0. The Kier molecular flexibility index (Phi) is 10.8. The molecule has 0 fully saturated rings. The monoisotopic (exact) mass is 177 g/mol. The van der Waals surface area contributed by atoms with Gasteiger partial charge in [-0.2, -0.15) is 0 Å². The summed E-state index contributed by atoms with van der Waals surface area (Å²) in [7, 11) is 1.87. The van der Waals surface area contributed by atoms with Crippen LogP contribution in [0.1, 0.15) is 27.7 Å². The van der Waals surface area contributed by atoms with E-state index in [1.165, 1.54) is 0 Å². The van der Waals surface area contributed by atoms with E-state index in [0.717, 1.165) is 0 Å². The van der Waals surface area contributed by atoms with Gasteiger partial charge in [0.25, 0.3) is 0 Å². The first-order valence-electron chi connectivity index (χ1n) is 4.57. The number of likely N-dealkylation sites (N-methyl/N-ethyl adjacent to an activating group) is 1. The summed E-state index contributed by atoms with van der Waals surface area (Å²) in [6.07, 6.45) is -0.632. The van der Waals surface area contributed by atoms with Gasteiger partial charge < -0.3 is 15.1 Å². The molecule has 0 aromatic rings. The Morgan fingerprint density at radius 3 is 1.42 bits per heavy atom. The van der Waals surface area contributed by atoms with Gasteiger partial charge in [0.05, 0.1) is 12.2 Å². The van der Waals surface area contributed by atoms with Gasteiger partial charge in [-0.1, -0.05) is 13.8 Å². The molecule has 3 heteroatoms. The standard InChI is InChI=1S/C7H17NO2.C2H6/c1-6(9)4-8(3)5-7(2)10;1-2/h6-7,9-10H,4-5H2,1-3H3;1-2H3. The Hall–Kier alpha value is -0.120. The number of rotatable bonds is 4. The highest BCUT2D eigenvalue weighted by atomic mass is 16.3. The minimum atomic E-state index is -0.316. The van der Waals surface area contributed by atoms with Crippen LogP contribution in [0.5, 0.6) is 0 Å². The molecule has 0 aliphatic carbocycles. The highest BCUT2D eigenvalue weighted by Gasteiger charge is 2.04. The number of aliphatic hydroxyl groups excluding tert-OH is 2. The fraction of sp³-hybridized carbons (Fsp3) is 1.00. The summed E-state index contributed by atoms with van der Waals surface area (Å²) in [4.78, 5) is 1.90. The zero-order valence-corrected chi connectivity index (χ0v) is 8.91. The summed E-state index contributed by atoms with van der Waals surface area (Å²) in [5.41, 5.74) is 0. The normalized spacial score (nSPS) is 15.0. The molecule has 0 amide bonds. The van der Waals surface area contributed by atoms with Gasteiger partial charge in [-0.15, -0.1) is 0 Å². The molecule has 12 heavy (non-hydrogen) atoms. The molecule has 0 aliphatic heterocycles. The van der Waals surface area contributed by atoms with Crippen molar-refractivity contribution in [2.24, 2.45) is 0 Å². The molecule has 0 bridgehead atoms. The molecule has 0 heterocycles. The Balaban J connectivity index is 0. The average Bonchev–Trinajstić information content (AvgIpc) is 1.87. The van der Waals surface area contributed by atoms with Crippen LogP contribution >= 0.6 is 0 Å². The topological polar surface area (TPSA) is 43.7 Å². The fourth-order valence-electron chi connectivity index (χ4n) is 0.977. The first-order valence-corrected chi connectivity index (χ1v) is 4.57. The van der Waals surface area contributed by atoms with E-state index < -0.39 is 0 Å². The lowest BCUT2D eigenvalue weighted by Crippen LogP contribution is -2.32. The van der Waals surface area contributed by atoms with E-state index in [1.807, 2.05) is 25.8 Å². The van der Waals surface area contributed by atoms with Crippen LogP contribution < -0.4 is 0 Å². The molecule has 0 aromatic heterocycles. The molecule has 2 N–H and O–H groups in total. The fourth-order valence-corrected chi connectivity index (χ4v) is 0.977. The van der Waals surface area contributed by atoms with Crippen LogP contribution in [0.3, 0.4) is 0 Å². The quantitative estimate of drug-likeness (QED) is 0.664. The van der Waals surface area contributed by atoms with Crippen molar-refractivity contribution >= 4 is 0 Å². The van der Waals surface area contributed by atoms with Crippen LogP contribution in [0, 0.1) is 0 Å². The molecule has 0 saturated carbocycles. The maximum atomic E-state index is 8.91. The minimum Gasteiger partial charge on any atom is -0.392 e. The molecule has 2 atom stereocenters. The lowest BCUT2D eigenvalue weighted by Gasteiger charge is -2.19. The van der Waals surface area contributed by atoms with Gasteiger partial charge >= 0.3 is 0 Å². The van der Waals surface area contributed by atoms with E-state index >= 15 is 0 Å². The van der Waals surface area contributed by atoms with E-state index in [2.05, 4.69) is 0 Å². The van der Waals surface area contributed by atoms with E-state index in [-0.39, 0.29) is 12.2 Å². The summed E-state index contributed by atoms with van der Waals surface area (Å²) < 4.78 is 0. The smallest absolute Gasteiger partial charge is 0.0638 e. The third kappa shape index (κ3) is 12.5. The van der Waals surface area contributed by atoms with E-state index in [4.69, 9.17) is 10.2 Å². The highest BCUT2D eigenvalue weighted by molar-refractivity contribution is 4.58. The van der Waals surface area contributed by atoms with Crippen molar-refractivity contribution in [3.8, 4) is 0 Å². The lowest BCUT2D eigenvalue weighted by molar-refractivity contribution is 0.0990. The van der Waals surface area contributed by atoms with Crippen LogP contribution in [-0.4, -0.2) is 47.5 Å². The summed E-state index contributed by atoms with van der Waals surface area (Å²) in [5.74, 6) is 0. The van der Waals surface area contributed by atoms with Crippen molar-refractivity contribution < 1.29 is 10.2 Å². The zero-order chi connectivity index (χ0) is 10.1. The van der Waals surface area contributed by atoms with Gasteiger partial charge in [-0.25, -0.2) is 0 Å². The highest BCUT2D eigenvalue weighted by Crippen LogP contribution is 1.90. The summed E-state index contributed by atoms with van der Waals surface area (Å²) in [6.45, 7) is 8.70. The molecule has 0 aromatic carbocycles. The Bertz CT molecular complexity index is 74.6. The van der Waals surface area contributed by atoms with Gasteiger partial charge in [0.1, 0.15) is 0 Å². The van der Waals surface area contributed by atoms with Crippen LogP contribution in [0.15, 0.2) is 0 Å². The van der Waals surface area contributed by atoms with Crippen LogP contribution in [0.2, 0.25) is 0 Å². The van der Waals surface area contributed by atoms with Crippen molar-refractivity contribution in [1.82, 2.24) is 4.90 Å². The van der Waals surface area contributed by atoms with Crippen molar-refractivity contribution in [2.75, 3.05) is 20.1 Å². The number of aliphatic hydroxyl groups is 2. The van der Waals surface area contributed by atoms with Crippen molar-refractivity contribution in [3.05, 3.63) is 0 Å². The first-order chi connectivity index (χ1) is 5.52. The minimum absolute atomic E-state index is 0.316. The van der Waals surface area contributed by atoms with Gasteiger partial charge in [0.2, 0.25) is 0 Å². The first kappa shape index (κ1) is 14.4. The maximum Gasteiger partial charge on any atom is 0.0638 e. The van der Waals surface area contributed by atoms with Crippen molar-refractivity contribution in [3.63, 3.8) is 0 Å². The van der Waals surface area contributed by atoms with Crippen molar-refractivity contribution in [1.29, 1.82) is 0 Å². The Morgan fingerprint density at radius 1 is 1.00 bits per heavy atom. The maximum absolute atomic E-state index is 8.91. The molecular formula is C9H23NO2. The van der Waals surface area contributed by atoms with Gasteiger partial charge in [0, 0.05) is 13.1 Å². The summed E-state index contributed by atoms with van der Waals surface area (Å²) in [5, 5.41) is 17.8. The lowest BCUT2D eigenvalue weighted by atomic mass is 10.3. The molecular weight excluding hydrogens is 154 g/mol.